The molecular weight excluding hydrogens is 422 g/mol. The maximum Gasteiger partial charge on any atom is 0.268 e. The lowest BCUT2D eigenvalue weighted by molar-refractivity contribution is 0.578. The Labute approximate surface area is 188 Å². The number of nitrogens with one attached hydrogen (secondary N) is 1. The topological polar surface area (TPSA) is 78.4 Å². The van der Waals surface area contributed by atoms with Crippen LogP contribution in [0.4, 0.5) is 23.0 Å². The van der Waals surface area contributed by atoms with Crippen molar-refractivity contribution in [2.75, 3.05) is 34.2 Å². The highest BCUT2D eigenvalue weighted by atomic mass is 32.2. The van der Waals surface area contributed by atoms with E-state index in [2.05, 4.69) is 38.9 Å². The van der Waals surface area contributed by atoms with Gasteiger partial charge in [-0.2, -0.15) is 0 Å². The fraction of sp³-hybridized carbons (Fsp3) is 0.250. The number of para-hydroxylation sites is 1. The first kappa shape index (κ1) is 20.5. The van der Waals surface area contributed by atoms with Crippen molar-refractivity contribution in [1.29, 1.82) is 0 Å². The normalized spacial score (nSPS) is 16.8. The van der Waals surface area contributed by atoms with E-state index in [0.717, 1.165) is 24.3 Å². The van der Waals surface area contributed by atoms with E-state index < -0.39 is 10.0 Å². The molecule has 1 saturated heterocycles. The molecule has 0 atom stereocenters. The van der Waals surface area contributed by atoms with Crippen LogP contribution in [0.3, 0.4) is 0 Å². The van der Waals surface area contributed by atoms with Crippen LogP contribution in [-0.2, 0) is 10.0 Å². The second-order valence-corrected chi connectivity index (χ2v) is 9.80. The smallest absolute Gasteiger partial charge is 0.268 e. The van der Waals surface area contributed by atoms with E-state index >= 15 is 0 Å². The van der Waals surface area contributed by atoms with Crippen LogP contribution >= 0.6 is 0 Å². The van der Waals surface area contributed by atoms with Crippen molar-refractivity contribution in [2.24, 2.45) is 0 Å². The molecule has 1 fully saturated rings. The Bertz CT molecular complexity index is 1250. The predicted molar refractivity (Wildman–Crippen MR) is 128 cm³/mol. The molecule has 3 heterocycles. The summed E-state index contributed by atoms with van der Waals surface area (Å²) >= 11 is 0. The van der Waals surface area contributed by atoms with Crippen molar-refractivity contribution in [3.8, 4) is 11.3 Å². The molecule has 2 aromatic carbocycles. The average Bonchev–Trinajstić information content (AvgIpc) is 2.83. The van der Waals surface area contributed by atoms with Gasteiger partial charge < -0.3 is 10.2 Å². The van der Waals surface area contributed by atoms with Gasteiger partial charge in [-0.25, -0.2) is 18.4 Å². The van der Waals surface area contributed by atoms with E-state index in [9.17, 15) is 8.42 Å². The van der Waals surface area contributed by atoms with Gasteiger partial charge in [0.25, 0.3) is 10.0 Å². The molecule has 7 nitrogen and oxygen atoms in total. The Morgan fingerprint density at radius 3 is 2.53 bits per heavy atom. The maximum atomic E-state index is 13.2. The number of benzene rings is 2. The minimum absolute atomic E-state index is 0.101. The Balaban J connectivity index is 1.46. The van der Waals surface area contributed by atoms with Crippen LogP contribution in [0.2, 0.25) is 0 Å². The van der Waals surface area contributed by atoms with E-state index in [-0.39, 0.29) is 11.4 Å². The summed E-state index contributed by atoms with van der Waals surface area (Å²) in [5.41, 5.74) is 3.82. The molecule has 3 aromatic rings. The molecular formula is C24H25N5O2S. The van der Waals surface area contributed by atoms with Crippen molar-refractivity contribution in [3.05, 3.63) is 67.4 Å². The van der Waals surface area contributed by atoms with E-state index in [1.54, 1.807) is 12.1 Å². The highest BCUT2D eigenvalue weighted by Crippen LogP contribution is 2.41. The number of sulfonamides is 1. The summed E-state index contributed by atoms with van der Waals surface area (Å²) in [7, 11) is -3.76. The van der Waals surface area contributed by atoms with Gasteiger partial charge in [-0.15, -0.1) is 6.58 Å². The van der Waals surface area contributed by atoms with Crippen LogP contribution in [0.1, 0.15) is 19.3 Å². The van der Waals surface area contributed by atoms with Crippen LogP contribution in [-0.4, -0.2) is 38.0 Å². The predicted octanol–water partition coefficient (Wildman–Crippen LogP) is 4.57. The van der Waals surface area contributed by atoms with Crippen LogP contribution in [0, 0.1) is 0 Å². The van der Waals surface area contributed by atoms with Crippen LogP contribution < -0.4 is 14.5 Å². The van der Waals surface area contributed by atoms with Gasteiger partial charge in [-0.05, 0) is 49.6 Å². The molecule has 8 heteroatoms. The van der Waals surface area contributed by atoms with Crippen LogP contribution in [0.5, 0.6) is 0 Å². The fourth-order valence-electron chi connectivity index (χ4n) is 4.30. The van der Waals surface area contributed by atoms with Crippen molar-refractivity contribution < 1.29 is 8.42 Å². The number of hydrogen-bond acceptors (Lipinski definition) is 6. The average molecular weight is 448 g/mol. The molecule has 164 valence electrons. The highest BCUT2D eigenvalue weighted by molar-refractivity contribution is 7.93. The van der Waals surface area contributed by atoms with Gasteiger partial charge >= 0.3 is 0 Å². The summed E-state index contributed by atoms with van der Waals surface area (Å²) in [5, 5.41) is 3.21. The van der Waals surface area contributed by atoms with E-state index in [1.807, 2.05) is 30.3 Å². The van der Waals surface area contributed by atoms with Crippen LogP contribution in [0.25, 0.3) is 11.3 Å². The second kappa shape index (κ2) is 8.27. The number of rotatable bonds is 5. The third kappa shape index (κ3) is 3.60. The minimum Gasteiger partial charge on any atom is -0.372 e. The Hall–Kier alpha value is -3.39. The van der Waals surface area contributed by atoms with E-state index in [1.165, 1.54) is 35.5 Å². The largest absolute Gasteiger partial charge is 0.372 e. The molecule has 0 bridgehead atoms. The summed E-state index contributed by atoms with van der Waals surface area (Å²) in [5.74, 6) is 0.358. The molecule has 5 rings (SSSR count). The third-order valence-corrected chi connectivity index (χ3v) is 7.67. The molecule has 32 heavy (non-hydrogen) atoms. The Morgan fingerprint density at radius 2 is 1.78 bits per heavy atom. The highest BCUT2D eigenvalue weighted by Gasteiger charge is 2.35. The summed E-state index contributed by atoms with van der Waals surface area (Å²) < 4.78 is 27.7. The van der Waals surface area contributed by atoms with Crippen molar-refractivity contribution in [1.82, 2.24) is 9.97 Å². The molecule has 1 aromatic heterocycles. The maximum absolute atomic E-state index is 13.2. The number of aromatic nitrogens is 2. The quantitative estimate of drug-likeness (QED) is 0.577. The molecule has 2 aliphatic heterocycles. The van der Waals surface area contributed by atoms with Gasteiger partial charge in [-0.3, -0.25) is 4.31 Å². The first-order valence-electron chi connectivity index (χ1n) is 10.8. The molecule has 1 N–H and O–H groups in total. The molecule has 0 amide bonds. The van der Waals surface area contributed by atoms with Gasteiger partial charge in [0, 0.05) is 30.0 Å². The Kier molecular flexibility index (Phi) is 5.30. The second-order valence-electron chi connectivity index (χ2n) is 7.97. The standard InChI is InChI=1S/C24H25N5O2S/c1-2-14-29-21-9-5-4-8-20(21)23-22(32(29,30)31)17-25-24(27-23)26-18-10-12-19(13-11-18)28-15-6-3-7-16-28/h2,4-5,8-13,17H,1,3,6-7,14-16H2,(H,25,26,27). The summed E-state index contributed by atoms with van der Waals surface area (Å²) in [6.45, 7) is 6.07. The molecule has 0 spiro atoms. The number of nitrogens with zero attached hydrogens (tertiary/aromatic N) is 4. The van der Waals surface area contributed by atoms with Gasteiger partial charge in [-0.1, -0.05) is 24.3 Å². The van der Waals surface area contributed by atoms with Gasteiger partial charge in [0.1, 0.15) is 4.90 Å². The lowest BCUT2D eigenvalue weighted by Crippen LogP contribution is -2.35. The van der Waals surface area contributed by atoms with Crippen LogP contribution in [0.15, 0.2) is 72.3 Å². The lowest BCUT2D eigenvalue weighted by Gasteiger charge is -2.30. The summed E-state index contributed by atoms with van der Waals surface area (Å²) in [4.78, 5) is 11.4. The zero-order valence-electron chi connectivity index (χ0n) is 17.7. The number of piperidine rings is 1. The molecule has 0 saturated carbocycles. The fourth-order valence-corrected chi connectivity index (χ4v) is 5.85. The number of hydrogen-bond donors (Lipinski definition) is 1. The molecule has 0 unspecified atom stereocenters. The number of fused-ring (bicyclic) bond motifs is 3. The Morgan fingerprint density at radius 1 is 1.03 bits per heavy atom. The first-order valence-corrected chi connectivity index (χ1v) is 12.2. The van der Waals surface area contributed by atoms with Crippen molar-refractivity contribution in [3.63, 3.8) is 0 Å². The third-order valence-electron chi connectivity index (χ3n) is 5.89. The molecule has 0 radical (unpaired) electrons. The summed E-state index contributed by atoms with van der Waals surface area (Å²) in [6.07, 6.45) is 6.73. The monoisotopic (exact) mass is 447 g/mol. The lowest BCUT2D eigenvalue weighted by atomic mass is 10.1. The van der Waals surface area contributed by atoms with E-state index in [0.29, 0.717) is 17.3 Å². The number of anilines is 4. The van der Waals surface area contributed by atoms with Crippen molar-refractivity contribution >= 4 is 33.0 Å². The van der Waals surface area contributed by atoms with E-state index in [4.69, 9.17) is 0 Å². The summed E-state index contributed by atoms with van der Waals surface area (Å²) in [6, 6.07) is 15.6. The molecule has 0 aliphatic carbocycles. The van der Waals surface area contributed by atoms with Gasteiger partial charge in [0.15, 0.2) is 0 Å². The first-order chi connectivity index (χ1) is 15.6. The zero-order valence-corrected chi connectivity index (χ0v) is 18.6. The van der Waals surface area contributed by atoms with Crippen molar-refractivity contribution in [2.45, 2.75) is 24.2 Å². The minimum atomic E-state index is -3.76. The SMILES string of the molecule is C=CCN1c2ccccc2-c2nc(Nc3ccc(N4CCCCC4)cc3)ncc2S1(=O)=O. The van der Waals surface area contributed by atoms with Gasteiger partial charge in [0.05, 0.1) is 24.1 Å². The molecule has 2 aliphatic rings. The zero-order chi connectivity index (χ0) is 22.1. The van der Waals surface area contributed by atoms with Gasteiger partial charge in [0.2, 0.25) is 5.95 Å².